The first kappa shape index (κ1) is 21.3. The van der Waals surface area contributed by atoms with Crippen molar-refractivity contribution in [2.45, 2.75) is 30.7 Å². The predicted molar refractivity (Wildman–Crippen MR) is 121 cm³/mol. The molecule has 3 atom stereocenters. The molecule has 0 aromatic heterocycles. The first-order chi connectivity index (χ1) is 14.9. The fourth-order valence-corrected chi connectivity index (χ4v) is 6.04. The quantitative estimate of drug-likeness (QED) is 0.419. The molecular formula is C26H28O3Se. The number of hydrogen-bond acceptors (Lipinski definition) is 3. The Morgan fingerprint density at radius 1 is 0.700 bits per heavy atom. The van der Waals surface area contributed by atoms with Gasteiger partial charge in [-0.15, -0.1) is 0 Å². The second-order valence-corrected chi connectivity index (χ2v) is 10.1. The second kappa shape index (κ2) is 11.5. The van der Waals surface area contributed by atoms with Crippen LogP contribution in [0.4, 0.5) is 0 Å². The van der Waals surface area contributed by atoms with Crippen molar-refractivity contribution in [2.75, 3.05) is 13.2 Å². The van der Waals surface area contributed by atoms with Gasteiger partial charge in [0.25, 0.3) is 0 Å². The molecule has 0 unspecified atom stereocenters. The van der Waals surface area contributed by atoms with Gasteiger partial charge in [0.05, 0.1) is 0 Å². The molecule has 1 aliphatic heterocycles. The van der Waals surface area contributed by atoms with E-state index in [1.54, 1.807) is 0 Å². The van der Waals surface area contributed by atoms with E-state index >= 15 is 0 Å². The molecule has 0 bridgehead atoms. The molecule has 1 saturated heterocycles. The molecule has 4 heteroatoms. The monoisotopic (exact) mass is 468 g/mol. The minimum absolute atomic E-state index is 0.0834. The molecule has 3 nitrogen and oxygen atoms in total. The fraction of sp³-hybridized carbons (Fsp3) is 0.308. The van der Waals surface area contributed by atoms with E-state index in [-0.39, 0.29) is 11.1 Å². The van der Waals surface area contributed by atoms with E-state index in [4.69, 9.17) is 14.2 Å². The van der Waals surface area contributed by atoms with E-state index in [9.17, 15) is 0 Å². The van der Waals surface area contributed by atoms with Crippen molar-refractivity contribution < 1.29 is 14.2 Å². The van der Waals surface area contributed by atoms with Gasteiger partial charge in [0.2, 0.25) is 0 Å². The molecule has 0 saturated carbocycles. The van der Waals surface area contributed by atoms with Gasteiger partial charge in [-0.25, -0.2) is 0 Å². The molecule has 4 rings (SSSR count). The molecule has 0 spiro atoms. The molecular weight excluding hydrogens is 439 g/mol. The van der Waals surface area contributed by atoms with Crippen LogP contribution in [0.1, 0.15) is 17.5 Å². The maximum absolute atomic E-state index is 6.44. The van der Waals surface area contributed by atoms with Gasteiger partial charge in [-0.2, -0.15) is 0 Å². The molecule has 1 heterocycles. The number of benzene rings is 3. The standard InChI is InChI=1S/C26H28O3Se/c1-4-10-21(11-5-1)17-27-19-23-16-26(30-24-14-8-3-9-15-24)29-25(23)20-28-18-22-12-6-2-7-13-22/h1-15,23,25-26H,16-20H2/t23-,25+,26-/m0/s1. The Kier molecular flexibility index (Phi) is 8.13. The van der Waals surface area contributed by atoms with Crippen LogP contribution in [-0.4, -0.2) is 39.3 Å². The van der Waals surface area contributed by atoms with Gasteiger partial charge in [0.15, 0.2) is 0 Å². The van der Waals surface area contributed by atoms with Gasteiger partial charge < -0.3 is 0 Å². The molecule has 30 heavy (non-hydrogen) atoms. The van der Waals surface area contributed by atoms with Crippen LogP contribution in [0.3, 0.4) is 0 Å². The van der Waals surface area contributed by atoms with E-state index in [1.165, 1.54) is 15.6 Å². The predicted octanol–water partition coefficient (Wildman–Crippen LogP) is 4.18. The summed E-state index contributed by atoms with van der Waals surface area (Å²) >= 11 is 0.299. The Balaban J connectivity index is 1.31. The molecule has 156 valence electrons. The molecule has 0 radical (unpaired) electrons. The number of rotatable bonds is 10. The Morgan fingerprint density at radius 2 is 1.23 bits per heavy atom. The molecule has 3 aromatic carbocycles. The van der Waals surface area contributed by atoms with Crippen molar-refractivity contribution >= 4 is 19.4 Å². The van der Waals surface area contributed by atoms with Gasteiger partial charge in [0.1, 0.15) is 0 Å². The third kappa shape index (κ3) is 6.53. The first-order valence-corrected chi connectivity index (χ1v) is 12.3. The summed E-state index contributed by atoms with van der Waals surface area (Å²) < 4.78 is 19.9. The van der Waals surface area contributed by atoms with Crippen molar-refractivity contribution in [2.24, 2.45) is 5.92 Å². The zero-order chi connectivity index (χ0) is 20.4. The number of hydrogen-bond donors (Lipinski definition) is 0. The second-order valence-electron chi connectivity index (χ2n) is 7.53. The molecule has 1 fully saturated rings. The Bertz CT molecular complexity index is 804. The summed E-state index contributed by atoms with van der Waals surface area (Å²) in [6, 6.07) is 31.3. The van der Waals surface area contributed by atoms with Crippen LogP contribution in [0, 0.1) is 5.92 Å². The summed E-state index contributed by atoms with van der Waals surface area (Å²) in [5.74, 6) is 0.361. The van der Waals surface area contributed by atoms with E-state index in [0.717, 1.165) is 6.42 Å². The van der Waals surface area contributed by atoms with Crippen LogP contribution in [-0.2, 0) is 27.4 Å². The average molecular weight is 467 g/mol. The van der Waals surface area contributed by atoms with Crippen LogP contribution in [0.25, 0.3) is 0 Å². The van der Waals surface area contributed by atoms with E-state index in [0.29, 0.717) is 47.3 Å². The van der Waals surface area contributed by atoms with Crippen molar-refractivity contribution in [1.82, 2.24) is 0 Å². The van der Waals surface area contributed by atoms with Crippen LogP contribution in [0.15, 0.2) is 91.0 Å². The third-order valence-electron chi connectivity index (χ3n) is 5.20. The van der Waals surface area contributed by atoms with E-state index in [2.05, 4.69) is 66.7 Å². The van der Waals surface area contributed by atoms with Crippen molar-refractivity contribution in [3.8, 4) is 0 Å². The number of ether oxygens (including phenoxy) is 3. The normalized spacial score (nSPS) is 21.0. The zero-order valence-corrected chi connectivity index (χ0v) is 18.8. The summed E-state index contributed by atoms with van der Waals surface area (Å²) in [6.45, 7) is 2.57. The van der Waals surface area contributed by atoms with Gasteiger partial charge >= 0.3 is 186 Å². The summed E-state index contributed by atoms with van der Waals surface area (Å²) in [5, 5.41) is 0.274. The summed E-state index contributed by atoms with van der Waals surface area (Å²) in [6.07, 6.45) is 1.11. The fourth-order valence-electron chi connectivity index (χ4n) is 3.61. The van der Waals surface area contributed by atoms with Crippen molar-refractivity contribution in [3.63, 3.8) is 0 Å². The maximum atomic E-state index is 6.44. The Hall–Kier alpha value is -1.94. The van der Waals surface area contributed by atoms with Gasteiger partial charge in [-0.3, -0.25) is 0 Å². The Morgan fingerprint density at radius 3 is 1.83 bits per heavy atom. The average Bonchev–Trinajstić information content (AvgIpc) is 3.17. The zero-order valence-electron chi connectivity index (χ0n) is 17.1. The summed E-state index contributed by atoms with van der Waals surface area (Å²) in [4.78, 5) is 0. The first-order valence-electron chi connectivity index (χ1n) is 10.5. The van der Waals surface area contributed by atoms with Gasteiger partial charge in [-0.05, 0) is 0 Å². The molecule has 1 aliphatic rings. The SMILES string of the molecule is c1ccc(COC[C@@H]2C[C@H]([Se]c3ccccc3)O[C@@H]2COCc2ccccc2)cc1. The van der Waals surface area contributed by atoms with Crippen LogP contribution in [0.2, 0.25) is 0 Å². The van der Waals surface area contributed by atoms with Gasteiger partial charge in [0, 0.05) is 0 Å². The van der Waals surface area contributed by atoms with E-state index < -0.39 is 0 Å². The van der Waals surface area contributed by atoms with Crippen molar-refractivity contribution in [3.05, 3.63) is 102 Å². The third-order valence-corrected chi connectivity index (χ3v) is 7.53. The molecule has 0 N–H and O–H groups in total. The van der Waals surface area contributed by atoms with Crippen molar-refractivity contribution in [1.29, 1.82) is 0 Å². The van der Waals surface area contributed by atoms with Crippen LogP contribution in [0.5, 0.6) is 0 Å². The van der Waals surface area contributed by atoms with Crippen LogP contribution < -0.4 is 4.46 Å². The van der Waals surface area contributed by atoms with Crippen LogP contribution >= 0.6 is 0 Å². The van der Waals surface area contributed by atoms with E-state index in [1.807, 2.05) is 24.3 Å². The summed E-state index contributed by atoms with van der Waals surface area (Å²) in [5.41, 5.74) is 2.40. The Labute approximate surface area is 185 Å². The summed E-state index contributed by atoms with van der Waals surface area (Å²) in [7, 11) is 0. The molecule has 0 amide bonds. The van der Waals surface area contributed by atoms with Gasteiger partial charge in [-0.1, -0.05) is 0 Å². The minimum atomic E-state index is 0.0834. The molecule has 3 aromatic rings. The topological polar surface area (TPSA) is 27.7 Å². The molecule has 0 aliphatic carbocycles.